The van der Waals surface area contributed by atoms with Crippen LogP contribution in [0.1, 0.15) is 130 Å². The van der Waals surface area contributed by atoms with Crippen molar-refractivity contribution >= 4 is 0 Å². The monoisotopic (exact) mass is 428 g/mol. The summed E-state index contributed by atoms with van der Waals surface area (Å²) in [6, 6.07) is 0. The van der Waals surface area contributed by atoms with Gasteiger partial charge in [-0.05, 0) is 25.7 Å². The van der Waals surface area contributed by atoms with Gasteiger partial charge in [0.15, 0.2) is 12.6 Å². The van der Waals surface area contributed by atoms with Crippen LogP contribution in [-0.4, -0.2) is 26.6 Å². The largest absolute Gasteiger partial charge is 0.491 e. The molecule has 0 aromatic carbocycles. The third-order valence-corrected chi connectivity index (χ3v) is 5.16. The van der Waals surface area contributed by atoms with Gasteiger partial charge in [-0.3, -0.25) is 0 Å². The van der Waals surface area contributed by atoms with Crippen LogP contribution in [0.15, 0.2) is 11.7 Å². The minimum absolute atomic E-state index is 0.242. The second kappa shape index (κ2) is 24.4. The van der Waals surface area contributed by atoms with Gasteiger partial charge in [0, 0.05) is 6.42 Å². The molecule has 0 rings (SSSR count). The number of hydrogen-bond acceptors (Lipinski definition) is 4. The van der Waals surface area contributed by atoms with Crippen LogP contribution in [-0.2, 0) is 18.9 Å². The Kier molecular flexibility index (Phi) is 23.6. The fraction of sp³-hybridized carbons (Fsp3) is 0.923. The van der Waals surface area contributed by atoms with Gasteiger partial charge in [0.2, 0.25) is 0 Å². The molecule has 0 bridgehead atoms. The van der Waals surface area contributed by atoms with E-state index in [0.717, 1.165) is 63.9 Å². The molecule has 4 heteroatoms. The zero-order valence-corrected chi connectivity index (χ0v) is 20.8. The van der Waals surface area contributed by atoms with E-state index in [2.05, 4.69) is 27.7 Å². The average molecular weight is 429 g/mol. The van der Waals surface area contributed by atoms with Crippen LogP contribution in [0.4, 0.5) is 0 Å². The summed E-state index contributed by atoms with van der Waals surface area (Å²) in [6.45, 7) is 11.2. The second-order valence-electron chi connectivity index (χ2n) is 8.22. The number of allylic oxidation sites excluding steroid dienone is 1. The van der Waals surface area contributed by atoms with E-state index in [-0.39, 0.29) is 6.79 Å². The fourth-order valence-corrected chi connectivity index (χ4v) is 3.11. The van der Waals surface area contributed by atoms with E-state index in [9.17, 15) is 0 Å². The molecule has 0 saturated heterocycles. The van der Waals surface area contributed by atoms with E-state index in [0.29, 0.717) is 12.6 Å². The van der Waals surface area contributed by atoms with E-state index in [1.54, 1.807) is 0 Å². The Hall–Kier alpha value is -0.900. The Morgan fingerprint density at radius 1 is 0.467 bits per heavy atom. The predicted molar refractivity (Wildman–Crippen MR) is 127 cm³/mol. The van der Waals surface area contributed by atoms with Crippen molar-refractivity contribution in [3.63, 3.8) is 0 Å². The maximum atomic E-state index is 6.05. The van der Waals surface area contributed by atoms with Gasteiger partial charge in [-0.25, -0.2) is 0 Å². The quantitative estimate of drug-likeness (QED) is 0.0877. The van der Waals surface area contributed by atoms with Crippen LogP contribution in [0.3, 0.4) is 0 Å². The molecule has 4 nitrogen and oxygen atoms in total. The molecule has 0 N–H and O–H groups in total. The third-order valence-electron chi connectivity index (χ3n) is 5.16. The van der Waals surface area contributed by atoms with Crippen LogP contribution in [0.5, 0.6) is 0 Å². The molecule has 0 aliphatic heterocycles. The Balaban J connectivity index is 4.31. The van der Waals surface area contributed by atoms with Crippen molar-refractivity contribution in [3.8, 4) is 0 Å². The number of hydrogen-bond donors (Lipinski definition) is 0. The van der Waals surface area contributed by atoms with Crippen molar-refractivity contribution in [3.05, 3.63) is 11.7 Å². The van der Waals surface area contributed by atoms with Crippen molar-refractivity contribution in [1.82, 2.24) is 0 Å². The van der Waals surface area contributed by atoms with Crippen LogP contribution in [0.25, 0.3) is 0 Å². The molecule has 0 aliphatic rings. The molecule has 0 spiro atoms. The van der Waals surface area contributed by atoms with E-state index in [4.69, 9.17) is 18.9 Å². The highest BCUT2D eigenvalue weighted by Gasteiger charge is 2.13. The standard InChI is InChI=1S/C26H52O4/c1-5-9-13-14-15-16-17-19-21-27-24-30-26(29-23-12-8-4)25(20-18-10-6-2)28-22-11-7-3/h5-24H2,1-4H3/b26-25-. The first kappa shape index (κ1) is 29.1. The summed E-state index contributed by atoms with van der Waals surface area (Å²) in [4.78, 5) is 0. The molecule has 0 aromatic heterocycles. The maximum absolute atomic E-state index is 6.05. The highest BCUT2D eigenvalue weighted by Crippen LogP contribution is 2.19. The van der Waals surface area contributed by atoms with Crippen LogP contribution in [0.2, 0.25) is 0 Å². The minimum Gasteiger partial charge on any atom is -0.491 e. The lowest BCUT2D eigenvalue weighted by atomic mass is 10.1. The summed E-state index contributed by atoms with van der Waals surface area (Å²) < 4.78 is 23.6. The van der Waals surface area contributed by atoms with Crippen molar-refractivity contribution in [2.24, 2.45) is 0 Å². The molecule has 0 atom stereocenters. The Labute approximate surface area is 188 Å². The molecule has 180 valence electrons. The molecule has 0 aromatic rings. The van der Waals surface area contributed by atoms with Crippen molar-refractivity contribution in [2.75, 3.05) is 26.6 Å². The zero-order valence-electron chi connectivity index (χ0n) is 20.8. The van der Waals surface area contributed by atoms with Crippen LogP contribution in [0, 0.1) is 0 Å². The van der Waals surface area contributed by atoms with Gasteiger partial charge >= 0.3 is 5.95 Å². The van der Waals surface area contributed by atoms with Gasteiger partial charge < -0.3 is 18.9 Å². The fourth-order valence-electron chi connectivity index (χ4n) is 3.11. The summed E-state index contributed by atoms with van der Waals surface area (Å²) >= 11 is 0. The topological polar surface area (TPSA) is 36.9 Å². The number of ether oxygens (including phenoxy) is 4. The van der Waals surface area contributed by atoms with E-state index in [1.807, 2.05) is 0 Å². The Morgan fingerprint density at radius 3 is 1.63 bits per heavy atom. The molecular formula is C26H52O4. The molecule has 0 saturated carbocycles. The minimum atomic E-state index is 0.242. The van der Waals surface area contributed by atoms with Gasteiger partial charge in [0.25, 0.3) is 0 Å². The summed E-state index contributed by atoms with van der Waals surface area (Å²) in [7, 11) is 0. The Bertz CT molecular complexity index is 356. The van der Waals surface area contributed by atoms with E-state index in [1.165, 1.54) is 57.8 Å². The average Bonchev–Trinajstić information content (AvgIpc) is 2.75. The first-order chi connectivity index (χ1) is 14.8. The van der Waals surface area contributed by atoms with Gasteiger partial charge in [0.1, 0.15) is 0 Å². The van der Waals surface area contributed by atoms with Gasteiger partial charge in [-0.1, -0.05) is 98.3 Å². The molecule has 0 unspecified atom stereocenters. The first-order valence-electron chi connectivity index (χ1n) is 13.0. The first-order valence-corrected chi connectivity index (χ1v) is 13.0. The highest BCUT2D eigenvalue weighted by molar-refractivity contribution is 4.95. The summed E-state index contributed by atoms with van der Waals surface area (Å²) in [5.41, 5.74) is 0. The Morgan fingerprint density at radius 2 is 1.00 bits per heavy atom. The van der Waals surface area contributed by atoms with Gasteiger partial charge in [0.05, 0.1) is 19.8 Å². The van der Waals surface area contributed by atoms with Gasteiger partial charge in [-0.2, -0.15) is 0 Å². The normalized spacial score (nSPS) is 12.0. The molecule has 30 heavy (non-hydrogen) atoms. The summed E-state index contributed by atoms with van der Waals surface area (Å²) in [5.74, 6) is 1.41. The zero-order chi connectivity index (χ0) is 22.1. The van der Waals surface area contributed by atoms with Crippen molar-refractivity contribution < 1.29 is 18.9 Å². The third kappa shape index (κ3) is 19.1. The summed E-state index contributed by atoms with van der Waals surface area (Å²) in [5, 5.41) is 0. The van der Waals surface area contributed by atoms with Gasteiger partial charge in [-0.15, -0.1) is 0 Å². The maximum Gasteiger partial charge on any atom is 0.321 e. The van der Waals surface area contributed by atoms with Crippen molar-refractivity contribution in [1.29, 1.82) is 0 Å². The van der Waals surface area contributed by atoms with Crippen LogP contribution >= 0.6 is 0 Å². The lowest BCUT2D eigenvalue weighted by Crippen LogP contribution is -2.10. The lowest BCUT2D eigenvalue weighted by molar-refractivity contribution is -0.0844. The number of rotatable bonds is 24. The molecular weight excluding hydrogens is 376 g/mol. The molecule has 0 fully saturated rings. The number of unbranched alkanes of at least 4 members (excludes halogenated alkanes) is 11. The lowest BCUT2D eigenvalue weighted by Gasteiger charge is -2.18. The molecule has 0 amide bonds. The second-order valence-corrected chi connectivity index (χ2v) is 8.22. The summed E-state index contributed by atoms with van der Waals surface area (Å²) in [6.07, 6.45) is 19.1. The molecule has 0 radical (unpaired) electrons. The smallest absolute Gasteiger partial charge is 0.321 e. The molecule has 0 aliphatic carbocycles. The predicted octanol–water partition coefficient (Wildman–Crippen LogP) is 8.50. The highest BCUT2D eigenvalue weighted by atomic mass is 16.7. The SMILES string of the molecule is CCCCCCCCCCOCO/C(OCCCC)=C(/CCCCC)OCCCC. The van der Waals surface area contributed by atoms with E-state index >= 15 is 0 Å². The molecule has 0 heterocycles. The van der Waals surface area contributed by atoms with E-state index < -0.39 is 0 Å². The van der Waals surface area contributed by atoms with Crippen molar-refractivity contribution in [2.45, 2.75) is 130 Å². The van der Waals surface area contributed by atoms with Crippen LogP contribution < -0.4 is 0 Å².